The first-order valence-electron chi connectivity index (χ1n) is 9.58. The molecule has 0 saturated carbocycles. The van der Waals surface area contributed by atoms with Crippen LogP contribution in [0, 0.1) is 19.3 Å². The molecule has 2 aromatic rings. The monoisotopic (exact) mass is 364 g/mol. The molecule has 142 valence electrons. The molecule has 1 aliphatic heterocycles. The molecule has 0 unspecified atom stereocenters. The smallest absolute Gasteiger partial charge is 0.254 e. The van der Waals surface area contributed by atoms with E-state index in [-0.39, 0.29) is 11.8 Å². The Balaban J connectivity index is 1.66. The maximum Gasteiger partial charge on any atom is 0.254 e. The van der Waals surface area contributed by atoms with Gasteiger partial charge in [0.05, 0.1) is 5.41 Å². The number of piperidine rings is 1. The van der Waals surface area contributed by atoms with E-state index >= 15 is 0 Å². The zero-order valence-corrected chi connectivity index (χ0v) is 16.4. The number of amides is 2. The maximum absolute atomic E-state index is 12.9. The molecule has 0 aromatic heterocycles. The molecule has 3 rings (SSSR count). The van der Waals surface area contributed by atoms with E-state index in [1.165, 1.54) is 5.56 Å². The topological polar surface area (TPSA) is 49.4 Å². The van der Waals surface area contributed by atoms with Crippen molar-refractivity contribution in [1.82, 2.24) is 10.2 Å². The summed E-state index contributed by atoms with van der Waals surface area (Å²) < 4.78 is 0. The Hall–Kier alpha value is -2.62. The Morgan fingerprint density at radius 1 is 1.07 bits per heavy atom. The molecule has 1 aliphatic rings. The van der Waals surface area contributed by atoms with Crippen LogP contribution in [-0.4, -0.2) is 29.8 Å². The van der Waals surface area contributed by atoms with E-state index in [0.29, 0.717) is 19.6 Å². The van der Waals surface area contributed by atoms with Gasteiger partial charge in [-0.05, 0) is 50.8 Å². The zero-order chi connectivity index (χ0) is 19.4. The average molecular weight is 364 g/mol. The number of hydrogen-bond acceptors (Lipinski definition) is 2. The van der Waals surface area contributed by atoms with Crippen molar-refractivity contribution in [3.63, 3.8) is 0 Å². The molecular weight excluding hydrogens is 336 g/mol. The van der Waals surface area contributed by atoms with Gasteiger partial charge in [0.2, 0.25) is 5.91 Å². The first-order valence-corrected chi connectivity index (χ1v) is 9.58. The van der Waals surface area contributed by atoms with Crippen LogP contribution >= 0.6 is 0 Å². The van der Waals surface area contributed by atoms with Crippen molar-refractivity contribution in [2.45, 2.75) is 40.2 Å². The predicted octanol–water partition coefficient (Wildman–Crippen LogP) is 3.86. The average Bonchev–Trinajstić information content (AvgIpc) is 2.67. The van der Waals surface area contributed by atoms with Crippen molar-refractivity contribution >= 4 is 11.8 Å². The van der Waals surface area contributed by atoms with E-state index in [1.54, 1.807) is 0 Å². The molecule has 0 aliphatic carbocycles. The van der Waals surface area contributed by atoms with Gasteiger partial charge in [0.15, 0.2) is 0 Å². The lowest BCUT2D eigenvalue weighted by atomic mass is 9.80. The number of nitrogens with one attached hydrogen (secondary N) is 1. The lowest BCUT2D eigenvalue weighted by Gasteiger charge is -2.39. The van der Waals surface area contributed by atoms with Gasteiger partial charge in [-0.2, -0.15) is 0 Å². The van der Waals surface area contributed by atoms with Crippen molar-refractivity contribution in [3.8, 4) is 0 Å². The van der Waals surface area contributed by atoms with Crippen molar-refractivity contribution in [2.75, 3.05) is 13.1 Å². The quantitative estimate of drug-likeness (QED) is 0.895. The van der Waals surface area contributed by atoms with Gasteiger partial charge in [0.1, 0.15) is 0 Å². The van der Waals surface area contributed by atoms with Crippen molar-refractivity contribution in [2.24, 2.45) is 5.41 Å². The lowest BCUT2D eigenvalue weighted by molar-refractivity contribution is -0.132. The van der Waals surface area contributed by atoms with E-state index in [1.807, 2.05) is 74.2 Å². The number of likely N-dealkylation sites (tertiary alicyclic amines) is 1. The molecule has 2 amide bonds. The summed E-state index contributed by atoms with van der Waals surface area (Å²) in [5.74, 6) is 0.0377. The molecule has 1 atom stereocenters. The SMILES string of the molecule is Cc1ccc(CNC(=O)[C@@]2(C)CCCN(C(=O)c3ccccc3C)C2)cc1. The van der Waals surface area contributed by atoms with Crippen molar-refractivity contribution in [1.29, 1.82) is 0 Å². The third kappa shape index (κ3) is 4.38. The molecule has 1 heterocycles. The summed E-state index contributed by atoms with van der Waals surface area (Å²) in [6.45, 7) is 7.64. The van der Waals surface area contributed by atoms with Gasteiger partial charge in [0, 0.05) is 25.2 Å². The molecule has 0 spiro atoms. The van der Waals surface area contributed by atoms with Gasteiger partial charge >= 0.3 is 0 Å². The normalized spacial score (nSPS) is 19.6. The number of carbonyl (C=O) groups is 2. The molecule has 1 fully saturated rings. The summed E-state index contributed by atoms with van der Waals surface area (Å²) in [4.78, 5) is 27.6. The van der Waals surface area contributed by atoms with Crippen molar-refractivity contribution in [3.05, 3.63) is 70.8 Å². The summed E-state index contributed by atoms with van der Waals surface area (Å²) in [6, 6.07) is 15.8. The number of rotatable bonds is 4. The third-order valence-electron chi connectivity index (χ3n) is 5.48. The second-order valence-electron chi connectivity index (χ2n) is 7.87. The Morgan fingerprint density at radius 2 is 1.78 bits per heavy atom. The fourth-order valence-electron chi connectivity index (χ4n) is 3.68. The minimum Gasteiger partial charge on any atom is -0.351 e. The van der Waals surface area contributed by atoms with Crippen LogP contribution < -0.4 is 5.32 Å². The van der Waals surface area contributed by atoms with Gasteiger partial charge in [-0.25, -0.2) is 0 Å². The third-order valence-corrected chi connectivity index (χ3v) is 5.48. The summed E-state index contributed by atoms with van der Waals surface area (Å²) >= 11 is 0. The van der Waals surface area contributed by atoms with E-state index in [2.05, 4.69) is 5.32 Å². The second kappa shape index (κ2) is 7.95. The highest BCUT2D eigenvalue weighted by atomic mass is 16.2. The Bertz CT molecular complexity index is 829. The Morgan fingerprint density at radius 3 is 2.48 bits per heavy atom. The van der Waals surface area contributed by atoms with Gasteiger partial charge in [-0.3, -0.25) is 9.59 Å². The molecule has 1 saturated heterocycles. The molecule has 0 bridgehead atoms. The van der Waals surface area contributed by atoms with Crippen LogP contribution in [0.5, 0.6) is 0 Å². The molecule has 2 aromatic carbocycles. The Kier molecular flexibility index (Phi) is 5.64. The van der Waals surface area contributed by atoms with Crippen LogP contribution in [0.1, 0.15) is 46.8 Å². The van der Waals surface area contributed by atoms with Gasteiger partial charge < -0.3 is 10.2 Å². The standard InChI is InChI=1S/C23H28N2O2/c1-17-9-11-19(12-10-17)15-24-22(27)23(3)13-6-14-25(16-23)21(26)20-8-5-4-7-18(20)2/h4-5,7-12H,6,13-16H2,1-3H3,(H,24,27)/t23-/m0/s1. The van der Waals surface area contributed by atoms with Crippen LogP contribution in [0.15, 0.2) is 48.5 Å². The first-order chi connectivity index (χ1) is 12.9. The fourth-order valence-corrected chi connectivity index (χ4v) is 3.68. The number of carbonyl (C=O) groups excluding carboxylic acids is 2. The highest BCUT2D eigenvalue weighted by Crippen LogP contribution is 2.31. The fraction of sp³-hybridized carbons (Fsp3) is 0.391. The van der Waals surface area contributed by atoms with E-state index in [9.17, 15) is 9.59 Å². The second-order valence-corrected chi connectivity index (χ2v) is 7.87. The van der Waals surface area contributed by atoms with Crippen LogP contribution in [0.25, 0.3) is 0 Å². The van der Waals surface area contributed by atoms with Crippen LogP contribution in [0.2, 0.25) is 0 Å². The number of hydrogen-bond donors (Lipinski definition) is 1. The predicted molar refractivity (Wildman–Crippen MR) is 107 cm³/mol. The van der Waals surface area contributed by atoms with Gasteiger partial charge in [-0.1, -0.05) is 48.0 Å². The van der Waals surface area contributed by atoms with Gasteiger partial charge in [-0.15, -0.1) is 0 Å². The zero-order valence-electron chi connectivity index (χ0n) is 16.4. The molecular formula is C23H28N2O2. The number of aryl methyl sites for hydroxylation is 2. The van der Waals surface area contributed by atoms with Gasteiger partial charge in [0.25, 0.3) is 5.91 Å². The largest absolute Gasteiger partial charge is 0.351 e. The molecule has 4 heteroatoms. The summed E-state index contributed by atoms with van der Waals surface area (Å²) in [5.41, 5.74) is 3.43. The van der Waals surface area contributed by atoms with Crippen LogP contribution in [0.4, 0.5) is 0 Å². The molecule has 0 radical (unpaired) electrons. The highest BCUT2D eigenvalue weighted by molar-refractivity contribution is 5.96. The van der Waals surface area contributed by atoms with Crippen LogP contribution in [-0.2, 0) is 11.3 Å². The number of nitrogens with zero attached hydrogens (tertiary/aromatic N) is 1. The summed E-state index contributed by atoms with van der Waals surface area (Å²) in [7, 11) is 0. The first kappa shape index (κ1) is 19.2. The van der Waals surface area contributed by atoms with E-state index in [0.717, 1.165) is 29.5 Å². The molecule has 1 N–H and O–H groups in total. The minimum absolute atomic E-state index is 0.0189. The highest BCUT2D eigenvalue weighted by Gasteiger charge is 2.39. The van der Waals surface area contributed by atoms with E-state index in [4.69, 9.17) is 0 Å². The molecule has 4 nitrogen and oxygen atoms in total. The summed E-state index contributed by atoms with van der Waals surface area (Å²) in [5, 5.41) is 3.06. The van der Waals surface area contributed by atoms with Crippen LogP contribution in [0.3, 0.4) is 0 Å². The number of benzene rings is 2. The summed E-state index contributed by atoms with van der Waals surface area (Å²) in [6.07, 6.45) is 1.64. The minimum atomic E-state index is -0.554. The molecule has 27 heavy (non-hydrogen) atoms. The lowest BCUT2D eigenvalue weighted by Crippen LogP contribution is -2.51. The Labute approximate surface area is 161 Å². The van der Waals surface area contributed by atoms with Crippen molar-refractivity contribution < 1.29 is 9.59 Å². The van der Waals surface area contributed by atoms with E-state index < -0.39 is 5.41 Å². The maximum atomic E-state index is 12.9.